The topological polar surface area (TPSA) is 73.1 Å². The lowest BCUT2D eigenvalue weighted by Gasteiger charge is -2.12. The molecule has 0 aliphatic rings. The molecule has 1 rings (SSSR count). The Morgan fingerprint density at radius 1 is 1.44 bits per heavy atom. The van der Waals surface area contributed by atoms with Gasteiger partial charge in [0.2, 0.25) is 5.88 Å². The first-order valence-corrected chi connectivity index (χ1v) is 5.60. The van der Waals surface area contributed by atoms with Gasteiger partial charge in [-0.25, -0.2) is 9.97 Å². The fraction of sp³-hybridized carbons (Fsp3) is 0.636. The van der Waals surface area contributed by atoms with Crippen molar-refractivity contribution in [1.82, 2.24) is 9.97 Å². The van der Waals surface area contributed by atoms with E-state index in [4.69, 9.17) is 10.5 Å². The Kier molecular flexibility index (Phi) is 4.98. The number of hydrogen-bond donors (Lipinski definition) is 2. The van der Waals surface area contributed by atoms with E-state index < -0.39 is 0 Å². The summed E-state index contributed by atoms with van der Waals surface area (Å²) >= 11 is 0. The Bertz CT molecular complexity index is 317. The predicted molar refractivity (Wildman–Crippen MR) is 64.6 cm³/mol. The van der Waals surface area contributed by atoms with Crippen molar-refractivity contribution >= 4 is 5.82 Å². The highest BCUT2D eigenvalue weighted by atomic mass is 16.5. The number of anilines is 1. The Balaban J connectivity index is 2.53. The van der Waals surface area contributed by atoms with E-state index in [9.17, 15) is 0 Å². The molecule has 1 unspecified atom stereocenters. The molecule has 1 atom stereocenters. The third-order valence-electron chi connectivity index (χ3n) is 2.07. The van der Waals surface area contributed by atoms with Gasteiger partial charge in [0.05, 0.1) is 6.10 Å². The molecule has 1 aromatic heterocycles. The molecule has 0 aliphatic carbocycles. The molecule has 0 aliphatic heterocycles. The van der Waals surface area contributed by atoms with Crippen molar-refractivity contribution < 1.29 is 4.74 Å². The zero-order valence-corrected chi connectivity index (χ0v) is 10.1. The number of ether oxygens (including phenoxy) is 1. The number of hydrogen-bond acceptors (Lipinski definition) is 5. The Hall–Kier alpha value is -1.36. The number of nitrogens with one attached hydrogen (secondary N) is 1. The van der Waals surface area contributed by atoms with Crippen LogP contribution in [0.2, 0.25) is 0 Å². The van der Waals surface area contributed by atoms with Crippen molar-refractivity contribution in [3.63, 3.8) is 0 Å². The third kappa shape index (κ3) is 4.44. The molecule has 0 bridgehead atoms. The highest BCUT2D eigenvalue weighted by Gasteiger charge is 2.03. The molecule has 0 spiro atoms. The molecule has 5 nitrogen and oxygen atoms in total. The van der Waals surface area contributed by atoms with Gasteiger partial charge in [-0.3, -0.25) is 0 Å². The van der Waals surface area contributed by atoms with Gasteiger partial charge in [-0.05, 0) is 20.3 Å². The molecule has 0 saturated carbocycles. The van der Waals surface area contributed by atoms with Crippen LogP contribution in [0.25, 0.3) is 0 Å². The predicted octanol–water partition coefficient (Wildman–Crippen LogP) is 1.41. The first-order chi connectivity index (χ1) is 7.61. The van der Waals surface area contributed by atoms with Gasteiger partial charge in [0.25, 0.3) is 0 Å². The second-order valence-electron chi connectivity index (χ2n) is 3.96. The van der Waals surface area contributed by atoms with Gasteiger partial charge in [-0.15, -0.1) is 0 Å². The molecule has 0 amide bonds. The van der Waals surface area contributed by atoms with Crippen molar-refractivity contribution in [2.75, 3.05) is 11.9 Å². The minimum Gasteiger partial charge on any atom is -0.475 e. The summed E-state index contributed by atoms with van der Waals surface area (Å²) in [5.41, 5.74) is 5.80. The van der Waals surface area contributed by atoms with Gasteiger partial charge < -0.3 is 15.8 Å². The van der Waals surface area contributed by atoms with Gasteiger partial charge in [0.1, 0.15) is 12.1 Å². The molecule has 5 heteroatoms. The van der Waals surface area contributed by atoms with E-state index in [-0.39, 0.29) is 12.1 Å². The maximum Gasteiger partial charge on any atom is 0.218 e. The summed E-state index contributed by atoms with van der Waals surface area (Å²) in [5, 5.41) is 3.15. The van der Waals surface area contributed by atoms with Crippen LogP contribution >= 0.6 is 0 Å². The van der Waals surface area contributed by atoms with Crippen molar-refractivity contribution in [3.05, 3.63) is 12.4 Å². The van der Waals surface area contributed by atoms with Crippen molar-refractivity contribution in [2.45, 2.75) is 39.3 Å². The van der Waals surface area contributed by atoms with Crippen LogP contribution in [0, 0.1) is 0 Å². The van der Waals surface area contributed by atoms with Crippen molar-refractivity contribution in [3.8, 4) is 5.88 Å². The molecular formula is C11H20N4O. The molecular weight excluding hydrogens is 204 g/mol. The summed E-state index contributed by atoms with van der Waals surface area (Å²) in [6, 6.07) is 1.92. The molecule has 0 fully saturated rings. The molecule has 0 radical (unpaired) electrons. The summed E-state index contributed by atoms with van der Waals surface area (Å²) in [6.07, 6.45) is 2.53. The molecule has 1 aromatic rings. The van der Waals surface area contributed by atoms with E-state index in [0.717, 1.165) is 12.2 Å². The van der Waals surface area contributed by atoms with Crippen molar-refractivity contribution in [1.29, 1.82) is 0 Å². The first kappa shape index (κ1) is 12.7. The van der Waals surface area contributed by atoms with Crippen LogP contribution < -0.4 is 15.8 Å². The summed E-state index contributed by atoms with van der Waals surface area (Å²) in [6.45, 7) is 6.68. The van der Waals surface area contributed by atoms with Crippen molar-refractivity contribution in [2.24, 2.45) is 5.73 Å². The largest absolute Gasteiger partial charge is 0.475 e. The third-order valence-corrected chi connectivity index (χ3v) is 2.07. The summed E-state index contributed by atoms with van der Waals surface area (Å²) in [7, 11) is 0. The van der Waals surface area contributed by atoms with Gasteiger partial charge in [0, 0.05) is 18.7 Å². The number of nitrogens with zero attached hydrogens (tertiary/aromatic N) is 2. The first-order valence-electron chi connectivity index (χ1n) is 5.60. The Morgan fingerprint density at radius 2 is 2.19 bits per heavy atom. The monoisotopic (exact) mass is 224 g/mol. The van der Waals surface area contributed by atoms with E-state index >= 15 is 0 Å². The maximum absolute atomic E-state index is 5.80. The van der Waals surface area contributed by atoms with Gasteiger partial charge >= 0.3 is 0 Å². The lowest BCUT2D eigenvalue weighted by Crippen LogP contribution is -2.28. The van der Waals surface area contributed by atoms with Crippen LogP contribution in [-0.2, 0) is 0 Å². The molecule has 0 aromatic carbocycles. The van der Waals surface area contributed by atoms with Crippen LogP contribution in [0.4, 0.5) is 5.82 Å². The van der Waals surface area contributed by atoms with Crippen LogP contribution in [0.15, 0.2) is 12.4 Å². The summed E-state index contributed by atoms with van der Waals surface area (Å²) in [4.78, 5) is 8.12. The molecule has 90 valence electrons. The minimum absolute atomic E-state index is 0.112. The van der Waals surface area contributed by atoms with Crippen LogP contribution in [0.1, 0.15) is 27.2 Å². The van der Waals surface area contributed by atoms with Crippen LogP contribution in [-0.4, -0.2) is 28.7 Å². The Labute approximate surface area is 96.4 Å². The maximum atomic E-state index is 5.80. The van der Waals surface area contributed by atoms with E-state index in [1.807, 2.05) is 13.8 Å². The van der Waals surface area contributed by atoms with E-state index in [2.05, 4.69) is 22.2 Å². The fourth-order valence-corrected chi connectivity index (χ4v) is 1.12. The zero-order valence-electron chi connectivity index (χ0n) is 10.1. The molecule has 0 saturated heterocycles. The molecule has 16 heavy (non-hydrogen) atoms. The summed E-state index contributed by atoms with van der Waals surface area (Å²) in [5.74, 6) is 1.33. The second kappa shape index (κ2) is 6.27. The van der Waals surface area contributed by atoms with E-state index in [1.165, 1.54) is 6.33 Å². The smallest absolute Gasteiger partial charge is 0.218 e. The van der Waals surface area contributed by atoms with E-state index in [1.54, 1.807) is 6.07 Å². The van der Waals surface area contributed by atoms with Crippen LogP contribution in [0.3, 0.4) is 0 Å². The summed E-state index contributed by atoms with van der Waals surface area (Å²) < 4.78 is 5.47. The average Bonchev–Trinajstić information content (AvgIpc) is 2.25. The lowest BCUT2D eigenvalue weighted by molar-refractivity contribution is 0.232. The van der Waals surface area contributed by atoms with Crippen LogP contribution in [0.5, 0.6) is 5.88 Å². The zero-order chi connectivity index (χ0) is 12.0. The highest BCUT2D eigenvalue weighted by Crippen LogP contribution is 2.12. The van der Waals surface area contributed by atoms with E-state index in [0.29, 0.717) is 12.4 Å². The van der Waals surface area contributed by atoms with Gasteiger partial charge in [-0.2, -0.15) is 0 Å². The molecule has 1 heterocycles. The number of aromatic nitrogens is 2. The normalized spacial score (nSPS) is 12.6. The minimum atomic E-state index is 0.112. The quantitative estimate of drug-likeness (QED) is 0.764. The lowest BCUT2D eigenvalue weighted by atomic mass is 10.2. The van der Waals surface area contributed by atoms with Gasteiger partial charge in [0.15, 0.2) is 0 Å². The molecule has 3 N–H and O–H groups in total. The van der Waals surface area contributed by atoms with Gasteiger partial charge in [-0.1, -0.05) is 6.92 Å². The number of nitrogens with two attached hydrogens (primary N) is 1. The number of rotatable bonds is 6. The Morgan fingerprint density at radius 3 is 2.81 bits per heavy atom. The standard InChI is InChI=1S/C11H20N4O/c1-4-9(12)6-13-10-5-11(15-7-14-10)16-8(2)3/h5,7-9H,4,6,12H2,1-3H3,(H,13,14,15). The fourth-order valence-electron chi connectivity index (χ4n) is 1.12. The highest BCUT2D eigenvalue weighted by molar-refractivity contribution is 5.37. The SMILES string of the molecule is CCC(N)CNc1cc(OC(C)C)ncn1. The average molecular weight is 224 g/mol. The second-order valence-corrected chi connectivity index (χ2v) is 3.96.